The average Bonchev–Trinajstić information content (AvgIpc) is 3.11. The molecule has 5 nitrogen and oxygen atoms in total. The molecule has 2 aliphatic rings. The zero-order valence-corrected chi connectivity index (χ0v) is 14.7. The van der Waals surface area contributed by atoms with E-state index in [9.17, 15) is 0 Å². The Kier molecular flexibility index (Phi) is 3.94. The molecule has 0 bridgehead atoms. The predicted octanol–water partition coefficient (Wildman–Crippen LogP) is 3.11. The number of aromatic nitrogens is 2. The van der Waals surface area contributed by atoms with Gasteiger partial charge in [0.05, 0.1) is 11.9 Å². The molecule has 0 unspecified atom stereocenters. The first-order chi connectivity index (χ1) is 12.9. The third kappa shape index (κ3) is 2.78. The van der Waals surface area contributed by atoms with Gasteiger partial charge in [-0.2, -0.15) is 0 Å². The maximum atomic E-state index is 6.40. The van der Waals surface area contributed by atoms with Crippen molar-refractivity contribution in [3.05, 3.63) is 60.0 Å². The van der Waals surface area contributed by atoms with E-state index in [4.69, 9.17) is 9.72 Å². The highest BCUT2D eigenvalue weighted by Crippen LogP contribution is 2.37. The van der Waals surface area contributed by atoms with Crippen LogP contribution in [0.25, 0.3) is 10.8 Å². The first kappa shape index (κ1) is 15.6. The number of aryl methyl sites for hydroxylation is 1. The van der Waals surface area contributed by atoms with Gasteiger partial charge in [0.15, 0.2) is 0 Å². The number of hydrogen-bond donors (Lipinski definition) is 1. The van der Waals surface area contributed by atoms with Crippen molar-refractivity contribution < 1.29 is 4.74 Å². The van der Waals surface area contributed by atoms with Gasteiger partial charge < -0.3 is 15.0 Å². The van der Waals surface area contributed by atoms with Gasteiger partial charge in [-0.15, -0.1) is 0 Å². The molecule has 0 spiro atoms. The van der Waals surface area contributed by atoms with Gasteiger partial charge in [0, 0.05) is 43.1 Å². The number of nitrogens with one attached hydrogen (secondary N) is 1. The molecule has 26 heavy (non-hydrogen) atoms. The third-order valence-electron chi connectivity index (χ3n) is 5.32. The molecule has 2 aromatic heterocycles. The lowest BCUT2D eigenvalue weighted by Crippen LogP contribution is -2.44. The van der Waals surface area contributed by atoms with Crippen LogP contribution >= 0.6 is 0 Å². The number of ether oxygens (including phenoxy) is 1. The second-order valence-electron chi connectivity index (χ2n) is 6.95. The lowest BCUT2D eigenvalue weighted by molar-refractivity contribution is 0.205. The van der Waals surface area contributed by atoms with Gasteiger partial charge in [-0.3, -0.25) is 4.98 Å². The molecule has 3 aromatic rings. The molecule has 5 heteroatoms. The number of benzene rings is 1. The quantitative estimate of drug-likeness (QED) is 0.790. The van der Waals surface area contributed by atoms with Crippen LogP contribution in [0.15, 0.2) is 48.8 Å². The van der Waals surface area contributed by atoms with E-state index in [2.05, 4.69) is 39.5 Å². The molecule has 1 aromatic carbocycles. The molecule has 0 saturated carbocycles. The number of fused-ring (bicyclic) bond motifs is 2. The molecule has 1 saturated heterocycles. The van der Waals surface area contributed by atoms with Crippen LogP contribution in [0.5, 0.6) is 5.75 Å². The van der Waals surface area contributed by atoms with Crippen LogP contribution in [0.4, 0.5) is 5.82 Å². The van der Waals surface area contributed by atoms with Crippen molar-refractivity contribution >= 4 is 16.6 Å². The smallest absolute Gasteiger partial charge is 0.146 e. The fourth-order valence-electron chi connectivity index (χ4n) is 3.93. The van der Waals surface area contributed by atoms with Crippen molar-refractivity contribution in [2.45, 2.75) is 18.9 Å². The van der Waals surface area contributed by atoms with Crippen molar-refractivity contribution in [3.63, 3.8) is 0 Å². The van der Waals surface area contributed by atoms with E-state index >= 15 is 0 Å². The Hall–Kier alpha value is -2.66. The third-order valence-corrected chi connectivity index (χ3v) is 5.32. The molecular weight excluding hydrogens is 324 g/mol. The van der Waals surface area contributed by atoms with Gasteiger partial charge in [-0.25, -0.2) is 4.98 Å². The largest absolute Gasteiger partial charge is 0.482 e. The van der Waals surface area contributed by atoms with E-state index in [1.54, 1.807) is 0 Å². The highest BCUT2D eigenvalue weighted by Gasteiger charge is 2.27. The van der Waals surface area contributed by atoms with E-state index < -0.39 is 0 Å². The lowest BCUT2D eigenvalue weighted by atomic mass is 10.1. The monoisotopic (exact) mass is 346 g/mol. The van der Waals surface area contributed by atoms with E-state index in [1.807, 2.05) is 24.5 Å². The van der Waals surface area contributed by atoms with Gasteiger partial charge in [0.1, 0.15) is 17.7 Å². The Morgan fingerprint density at radius 3 is 2.85 bits per heavy atom. The summed E-state index contributed by atoms with van der Waals surface area (Å²) < 4.78 is 6.40. The van der Waals surface area contributed by atoms with Crippen LogP contribution in [0, 0.1) is 0 Å². The maximum absolute atomic E-state index is 6.40. The van der Waals surface area contributed by atoms with Crippen molar-refractivity contribution in [2.75, 3.05) is 31.1 Å². The fourth-order valence-corrected chi connectivity index (χ4v) is 3.93. The van der Waals surface area contributed by atoms with Gasteiger partial charge in [0.25, 0.3) is 0 Å². The van der Waals surface area contributed by atoms with E-state index in [1.165, 1.54) is 5.56 Å². The normalized spacial score (nSPS) is 19.5. The van der Waals surface area contributed by atoms with Crippen LogP contribution in [-0.4, -0.2) is 36.1 Å². The standard InChI is InChI=1S/C21H22N4O/c1-2-4-17-16(3-1)13-23-14-19(17)26-18-7-5-15-6-8-20(24-21(15)18)25-11-9-22-10-12-25/h1-4,6,8,13-14,18,22H,5,7,9-12H2/t18-/m0/s1. The Labute approximate surface area is 153 Å². The zero-order chi connectivity index (χ0) is 17.3. The second-order valence-corrected chi connectivity index (χ2v) is 6.95. The number of hydrogen-bond acceptors (Lipinski definition) is 5. The number of rotatable bonds is 3. The number of pyridine rings is 2. The van der Waals surface area contributed by atoms with Crippen LogP contribution in [-0.2, 0) is 6.42 Å². The van der Waals surface area contributed by atoms with Crippen molar-refractivity contribution in [2.24, 2.45) is 0 Å². The minimum atomic E-state index is 0.000437. The van der Waals surface area contributed by atoms with Crippen molar-refractivity contribution in [1.29, 1.82) is 0 Å². The first-order valence-electron chi connectivity index (χ1n) is 9.33. The number of anilines is 1. The fraction of sp³-hybridized carbons (Fsp3) is 0.333. The first-order valence-corrected chi connectivity index (χ1v) is 9.33. The Morgan fingerprint density at radius 1 is 1.04 bits per heavy atom. The average molecular weight is 346 g/mol. The molecule has 1 N–H and O–H groups in total. The van der Waals surface area contributed by atoms with Crippen molar-refractivity contribution in [3.8, 4) is 5.75 Å². The highest BCUT2D eigenvalue weighted by atomic mass is 16.5. The molecule has 1 atom stereocenters. The van der Waals surface area contributed by atoms with E-state index in [0.29, 0.717) is 0 Å². The molecule has 3 heterocycles. The van der Waals surface area contributed by atoms with Crippen LogP contribution in [0.3, 0.4) is 0 Å². The highest BCUT2D eigenvalue weighted by molar-refractivity contribution is 5.87. The van der Waals surface area contributed by atoms with Crippen LogP contribution in [0.2, 0.25) is 0 Å². The van der Waals surface area contributed by atoms with E-state index in [0.717, 1.165) is 67.1 Å². The molecule has 5 rings (SSSR count). The molecule has 1 aliphatic carbocycles. The molecule has 0 amide bonds. The van der Waals surface area contributed by atoms with Gasteiger partial charge in [0.2, 0.25) is 0 Å². The Balaban J connectivity index is 1.45. The summed E-state index contributed by atoms with van der Waals surface area (Å²) in [4.78, 5) is 11.7. The summed E-state index contributed by atoms with van der Waals surface area (Å²) in [5, 5.41) is 5.60. The molecule has 0 radical (unpaired) electrons. The molecule has 132 valence electrons. The SMILES string of the molecule is c1ccc2c(O[C@H]3CCc4ccc(N5CCNCC5)nc43)cncc2c1. The summed E-state index contributed by atoms with van der Waals surface area (Å²) in [6, 6.07) is 12.6. The van der Waals surface area contributed by atoms with E-state index in [-0.39, 0.29) is 6.10 Å². The summed E-state index contributed by atoms with van der Waals surface area (Å²) in [7, 11) is 0. The molecule has 1 fully saturated rings. The Bertz CT molecular complexity index is 931. The minimum absolute atomic E-state index is 0.000437. The van der Waals surface area contributed by atoms with Crippen LogP contribution in [0.1, 0.15) is 23.8 Å². The number of nitrogens with zero attached hydrogens (tertiary/aromatic N) is 3. The number of piperazine rings is 1. The predicted molar refractivity (Wildman–Crippen MR) is 103 cm³/mol. The van der Waals surface area contributed by atoms with Gasteiger partial charge >= 0.3 is 0 Å². The Morgan fingerprint density at radius 2 is 1.92 bits per heavy atom. The molecule has 1 aliphatic heterocycles. The summed E-state index contributed by atoms with van der Waals surface area (Å²) >= 11 is 0. The topological polar surface area (TPSA) is 50.3 Å². The lowest BCUT2D eigenvalue weighted by Gasteiger charge is -2.29. The summed E-state index contributed by atoms with van der Waals surface area (Å²) in [5.41, 5.74) is 2.40. The summed E-state index contributed by atoms with van der Waals surface area (Å²) in [5.74, 6) is 1.91. The van der Waals surface area contributed by atoms with Crippen LogP contribution < -0.4 is 15.0 Å². The zero-order valence-electron chi connectivity index (χ0n) is 14.7. The van der Waals surface area contributed by atoms with Gasteiger partial charge in [-0.1, -0.05) is 30.3 Å². The minimum Gasteiger partial charge on any atom is -0.482 e. The second kappa shape index (κ2) is 6.57. The summed E-state index contributed by atoms with van der Waals surface area (Å²) in [6.45, 7) is 4.04. The summed E-state index contributed by atoms with van der Waals surface area (Å²) in [6.07, 6.45) is 5.69. The maximum Gasteiger partial charge on any atom is 0.146 e. The van der Waals surface area contributed by atoms with Crippen molar-refractivity contribution in [1.82, 2.24) is 15.3 Å². The molecular formula is C21H22N4O. The van der Waals surface area contributed by atoms with Gasteiger partial charge in [-0.05, 0) is 24.5 Å².